The first-order chi connectivity index (χ1) is 8.77. The molecule has 1 saturated heterocycles. The highest BCUT2D eigenvalue weighted by Gasteiger charge is 2.39. The third kappa shape index (κ3) is 2.94. The summed E-state index contributed by atoms with van der Waals surface area (Å²) in [7, 11) is -4.39. The van der Waals surface area contributed by atoms with Crippen molar-refractivity contribution in [2.45, 2.75) is 36.1 Å². The summed E-state index contributed by atoms with van der Waals surface area (Å²) in [5.41, 5.74) is 0. The van der Waals surface area contributed by atoms with E-state index >= 15 is 0 Å². The van der Waals surface area contributed by atoms with Gasteiger partial charge < -0.3 is 0 Å². The molecule has 0 radical (unpaired) electrons. The minimum Gasteiger partial charge on any atom is -0.259 e. The number of hydrogen-bond donors (Lipinski definition) is 0. The second-order valence-corrected chi connectivity index (χ2v) is 10.8. The van der Waals surface area contributed by atoms with Gasteiger partial charge in [-0.25, -0.2) is 8.42 Å². The SMILES string of the molecule is CCc1ccc(S(=O)(=O)N2CC[S@@](=O)C(C)(C)C2)s1. The Hall–Kier alpha value is -0.240. The third-order valence-electron chi connectivity index (χ3n) is 3.28. The fourth-order valence-corrected chi connectivity index (χ4v) is 6.54. The lowest BCUT2D eigenvalue weighted by Crippen LogP contribution is -2.51. The maximum absolute atomic E-state index is 12.5. The van der Waals surface area contributed by atoms with Gasteiger partial charge in [-0.05, 0) is 32.4 Å². The highest BCUT2D eigenvalue weighted by molar-refractivity contribution is 7.91. The smallest absolute Gasteiger partial charge is 0.252 e. The van der Waals surface area contributed by atoms with Crippen molar-refractivity contribution in [3.05, 3.63) is 17.0 Å². The van der Waals surface area contributed by atoms with Crippen LogP contribution in [0.1, 0.15) is 25.6 Å². The van der Waals surface area contributed by atoms with Crippen molar-refractivity contribution in [1.82, 2.24) is 4.31 Å². The molecule has 108 valence electrons. The minimum absolute atomic E-state index is 0.321. The zero-order chi connectivity index (χ0) is 14.3. The Kier molecular flexibility index (Phi) is 4.21. The summed E-state index contributed by atoms with van der Waals surface area (Å²) >= 11 is 1.33. The summed E-state index contributed by atoms with van der Waals surface area (Å²) in [6, 6.07) is 3.54. The summed E-state index contributed by atoms with van der Waals surface area (Å²) < 4.78 is 38.4. The number of hydrogen-bond acceptors (Lipinski definition) is 4. The van der Waals surface area contributed by atoms with Crippen molar-refractivity contribution in [1.29, 1.82) is 0 Å². The normalized spacial score (nSPS) is 24.5. The zero-order valence-electron chi connectivity index (χ0n) is 11.4. The molecule has 1 fully saturated rings. The molecule has 0 unspecified atom stereocenters. The number of rotatable bonds is 3. The molecule has 4 nitrogen and oxygen atoms in total. The fourth-order valence-electron chi connectivity index (χ4n) is 2.06. The van der Waals surface area contributed by atoms with Gasteiger partial charge in [-0.2, -0.15) is 4.31 Å². The Morgan fingerprint density at radius 3 is 2.63 bits per heavy atom. The predicted molar refractivity (Wildman–Crippen MR) is 79.5 cm³/mol. The molecule has 0 spiro atoms. The van der Waals surface area contributed by atoms with Gasteiger partial charge in [0, 0.05) is 34.5 Å². The maximum Gasteiger partial charge on any atom is 0.252 e. The van der Waals surface area contributed by atoms with E-state index in [1.165, 1.54) is 15.6 Å². The molecule has 0 aliphatic carbocycles. The van der Waals surface area contributed by atoms with Gasteiger partial charge in [0.15, 0.2) is 0 Å². The Bertz CT molecular complexity index is 589. The first-order valence-corrected chi connectivity index (χ1v) is 9.82. The van der Waals surface area contributed by atoms with Gasteiger partial charge in [-0.3, -0.25) is 4.21 Å². The summed E-state index contributed by atoms with van der Waals surface area (Å²) in [5.74, 6) is 0.415. The highest BCUT2D eigenvalue weighted by atomic mass is 32.2. The molecule has 1 atom stereocenters. The number of nitrogens with zero attached hydrogens (tertiary/aromatic N) is 1. The molecule has 0 N–H and O–H groups in total. The predicted octanol–water partition coefficient (Wildman–Crippen LogP) is 1.84. The molecule has 1 aliphatic heterocycles. The van der Waals surface area contributed by atoms with Crippen molar-refractivity contribution in [3.63, 3.8) is 0 Å². The van der Waals surface area contributed by atoms with E-state index in [4.69, 9.17) is 0 Å². The van der Waals surface area contributed by atoms with Crippen LogP contribution in [0.5, 0.6) is 0 Å². The van der Waals surface area contributed by atoms with Crippen LogP contribution in [0.2, 0.25) is 0 Å². The molecule has 0 amide bonds. The summed E-state index contributed by atoms with van der Waals surface area (Å²) in [6.45, 7) is 6.39. The molecule has 0 bridgehead atoms. The highest BCUT2D eigenvalue weighted by Crippen LogP contribution is 2.29. The number of sulfonamides is 1. The Balaban J connectivity index is 2.28. The topological polar surface area (TPSA) is 54.5 Å². The first kappa shape index (κ1) is 15.2. The Labute approximate surface area is 121 Å². The third-order valence-corrected chi connectivity index (χ3v) is 8.74. The monoisotopic (exact) mass is 321 g/mol. The molecule has 2 rings (SSSR count). The lowest BCUT2D eigenvalue weighted by molar-refractivity contribution is 0.379. The summed E-state index contributed by atoms with van der Waals surface area (Å²) in [5, 5.41) is 0. The Morgan fingerprint density at radius 2 is 2.11 bits per heavy atom. The van der Waals surface area contributed by atoms with Crippen molar-refractivity contribution in [3.8, 4) is 0 Å². The minimum atomic E-state index is -3.43. The van der Waals surface area contributed by atoms with Gasteiger partial charge >= 0.3 is 0 Å². The van der Waals surface area contributed by atoms with Crippen LogP contribution < -0.4 is 0 Å². The van der Waals surface area contributed by atoms with Crippen LogP contribution >= 0.6 is 11.3 Å². The fraction of sp³-hybridized carbons (Fsp3) is 0.667. The van der Waals surface area contributed by atoms with Crippen LogP contribution in [0.3, 0.4) is 0 Å². The van der Waals surface area contributed by atoms with Crippen LogP contribution in [0, 0.1) is 0 Å². The van der Waals surface area contributed by atoms with E-state index in [0.717, 1.165) is 11.3 Å². The number of aryl methyl sites for hydroxylation is 1. The molecule has 1 aromatic heterocycles. The standard InChI is InChI=1S/C12H19NO3S3/c1-4-10-5-6-11(17-10)19(15,16)13-7-8-18(14)12(2,3)9-13/h5-6H,4,7-9H2,1-3H3/t18-/m1/s1. The van der Waals surface area contributed by atoms with Gasteiger partial charge in [0.05, 0.1) is 4.75 Å². The van der Waals surface area contributed by atoms with Gasteiger partial charge in [0.1, 0.15) is 4.21 Å². The van der Waals surface area contributed by atoms with Crippen molar-refractivity contribution in [2.75, 3.05) is 18.8 Å². The molecule has 19 heavy (non-hydrogen) atoms. The van der Waals surface area contributed by atoms with E-state index in [2.05, 4.69) is 0 Å². The first-order valence-electron chi connectivity index (χ1n) is 6.25. The number of thiophene rings is 1. The molecular weight excluding hydrogens is 302 g/mol. The van der Waals surface area contributed by atoms with Crippen molar-refractivity contribution >= 4 is 32.2 Å². The van der Waals surface area contributed by atoms with Crippen LogP contribution in [-0.4, -0.2) is 40.5 Å². The van der Waals surface area contributed by atoms with E-state index in [9.17, 15) is 12.6 Å². The van der Waals surface area contributed by atoms with Crippen molar-refractivity contribution in [2.24, 2.45) is 0 Å². The molecule has 0 aromatic carbocycles. The van der Waals surface area contributed by atoms with Gasteiger partial charge in [0.2, 0.25) is 0 Å². The van der Waals surface area contributed by atoms with E-state index in [1.807, 2.05) is 26.8 Å². The lowest BCUT2D eigenvalue weighted by Gasteiger charge is -2.36. The van der Waals surface area contributed by atoms with Gasteiger partial charge in [-0.15, -0.1) is 11.3 Å². The van der Waals surface area contributed by atoms with E-state index in [0.29, 0.717) is 23.1 Å². The molecule has 0 saturated carbocycles. The maximum atomic E-state index is 12.5. The zero-order valence-corrected chi connectivity index (χ0v) is 13.8. The summed E-state index contributed by atoms with van der Waals surface area (Å²) in [4.78, 5) is 1.07. The molecular formula is C12H19NO3S3. The quantitative estimate of drug-likeness (QED) is 0.853. The molecule has 1 aliphatic rings. The van der Waals surface area contributed by atoms with E-state index in [-0.39, 0.29) is 0 Å². The van der Waals surface area contributed by atoms with E-state index < -0.39 is 25.6 Å². The van der Waals surface area contributed by atoms with Gasteiger partial charge in [-0.1, -0.05) is 6.92 Å². The largest absolute Gasteiger partial charge is 0.259 e. The molecule has 1 aromatic rings. The van der Waals surface area contributed by atoms with E-state index in [1.54, 1.807) is 6.07 Å². The van der Waals surface area contributed by atoms with Gasteiger partial charge in [0.25, 0.3) is 10.0 Å². The van der Waals surface area contributed by atoms with Crippen LogP contribution in [0.4, 0.5) is 0 Å². The average Bonchev–Trinajstić information content (AvgIpc) is 2.81. The Morgan fingerprint density at radius 1 is 1.42 bits per heavy atom. The average molecular weight is 321 g/mol. The van der Waals surface area contributed by atoms with Crippen LogP contribution in [0.15, 0.2) is 16.3 Å². The van der Waals surface area contributed by atoms with Crippen molar-refractivity contribution < 1.29 is 12.6 Å². The second kappa shape index (κ2) is 5.27. The van der Waals surface area contributed by atoms with Crippen LogP contribution in [-0.2, 0) is 27.2 Å². The van der Waals surface area contributed by atoms with Crippen LogP contribution in [0.25, 0.3) is 0 Å². The molecule has 7 heteroatoms. The summed E-state index contributed by atoms with van der Waals surface area (Å²) in [6.07, 6.45) is 0.843. The molecule has 2 heterocycles. The lowest BCUT2D eigenvalue weighted by atomic mass is 10.2. The second-order valence-electron chi connectivity index (χ2n) is 5.22.